The van der Waals surface area contributed by atoms with Gasteiger partial charge in [0.2, 0.25) is 5.91 Å². The van der Waals surface area contributed by atoms with Crippen LogP contribution >= 0.6 is 0 Å². The van der Waals surface area contributed by atoms with Crippen molar-refractivity contribution in [2.45, 2.75) is 59.9 Å². The van der Waals surface area contributed by atoms with Crippen molar-refractivity contribution in [3.05, 3.63) is 17.5 Å². The molecule has 1 aromatic heterocycles. The summed E-state index contributed by atoms with van der Waals surface area (Å²) >= 11 is 0. The van der Waals surface area contributed by atoms with Crippen LogP contribution in [0.3, 0.4) is 0 Å². The normalized spacial score (nSPS) is 23.9. The fraction of sp³-hybridized carbons (Fsp3) is 0.765. The predicted molar refractivity (Wildman–Crippen MR) is 84.3 cm³/mol. The van der Waals surface area contributed by atoms with Crippen molar-refractivity contribution in [3.8, 4) is 0 Å². The van der Waals surface area contributed by atoms with E-state index in [0.29, 0.717) is 12.3 Å². The average Bonchev–Trinajstić information content (AvgIpc) is 2.84. The first kappa shape index (κ1) is 17.0. The van der Waals surface area contributed by atoms with Gasteiger partial charge >= 0.3 is 0 Å². The van der Waals surface area contributed by atoms with Crippen LogP contribution in [0.4, 0.5) is 0 Å². The van der Waals surface area contributed by atoms with Crippen molar-refractivity contribution < 1.29 is 14.4 Å². The lowest BCUT2D eigenvalue weighted by Gasteiger charge is -2.52. The van der Waals surface area contributed by atoms with Crippen LogP contribution in [-0.2, 0) is 17.6 Å². The summed E-state index contributed by atoms with van der Waals surface area (Å²) in [6, 6.07) is 2.14. The molecule has 0 aromatic carbocycles. The Morgan fingerprint density at radius 1 is 1.50 bits per heavy atom. The van der Waals surface area contributed by atoms with Crippen molar-refractivity contribution in [1.82, 2.24) is 10.5 Å². The minimum absolute atomic E-state index is 0.0526. The highest BCUT2D eigenvalue weighted by atomic mass is 16.5. The molecule has 0 saturated heterocycles. The van der Waals surface area contributed by atoms with E-state index in [1.165, 1.54) is 0 Å². The fourth-order valence-electron chi connectivity index (χ4n) is 2.91. The summed E-state index contributed by atoms with van der Waals surface area (Å²) in [5.74, 6) is 1.31. The maximum absolute atomic E-state index is 12.1. The first-order valence-electron chi connectivity index (χ1n) is 8.01. The Morgan fingerprint density at radius 2 is 2.18 bits per heavy atom. The van der Waals surface area contributed by atoms with Gasteiger partial charge in [0.15, 0.2) is 0 Å². The number of rotatable bonds is 5. The molecule has 0 aliphatic heterocycles. The van der Waals surface area contributed by atoms with Crippen LogP contribution in [0.5, 0.6) is 0 Å². The number of carbonyl (C=O) groups excluding carboxylic acids is 1. The first-order chi connectivity index (χ1) is 10.1. The van der Waals surface area contributed by atoms with Crippen LogP contribution < -0.4 is 5.32 Å². The Balaban J connectivity index is 1.91. The zero-order chi connectivity index (χ0) is 16.5. The Hall–Kier alpha value is -1.36. The molecule has 1 saturated carbocycles. The van der Waals surface area contributed by atoms with E-state index in [-0.39, 0.29) is 29.4 Å². The number of aliphatic hydroxyl groups excluding tert-OH is 1. The number of aromatic nitrogens is 1. The zero-order valence-electron chi connectivity index (χ0n) is 14.3. The van der Waals surface area contributed by atoms with Gasteiger partial charge in [-0.15, -0.1) is 0 Å². The topological polar surface area (TPSA) is 75.4 Å². The highest BCUT2D eigenvalue weighted by Crippen LogP contribution is 2.48. The van der Waals surface area contributed by atoms with E-state index in [9.17, 15) is 4.79 Å². The lowest BCUT2D eigenvalue weighted by Crippen LogP contribution is -2.60. The molecule has 5 heteroatoms. The third kappa shape index (κ3) is 3.51. The molecule has 1 aliphatic rings. The number of amides is 1. The lowest BCUT2D eigenvalue weighted by molar-refractivity contribution is -0.133. The lowest BCUT2D eigenvalue weighted by atomic mass is 9.57. The first-order valence-corrected chi connectivity index (χ1v) is 8.01. The van der Waals surface area contributed by atoms with E-state index in [4.69, 9.17) is 9.63 Å². The minimum atomic E-state index is -0.355. The van der Waals surface area contributed by atoms with Gasteiger partial charge in [-0.3, -0.25) is 4.79 Å². The number of nitrogens with one attached hydrogen (secondary N) is 1. The van der Waals surface area contributed by atoms with Crippen molar-refractivity contribution in [3.63, 3.8) is 0 Å². The maximum Gasteiger partial charge on any atom is 0.225 e. The quantitative estimate of drug-likeness (QED) is 0.875. The summed E-state index contributed by atoms with van der Waals surface area (Å²) in [5, 5.41) is 16.2. The molecule has 22 heavy (non-hydrogen) atoms. The molecule has 0 radical (unpaired) electrons. The minimum Gasteiger partial charge on any atom is -0.396 e. The summed E-state index contributed by atoms with van der Waals surface area (Å²) in [4.78, 5) is 12.1. The molecular weight excluding hydrogens is 280 g/mol. The van der Waals surface area contributed by atoms with Gasteiger partial charge in [-0.1, -0.05) is 39.8 Å². The van der Waals surface area contributed by atoms with Crippen LogP contribution in [0.1, 0.15) is 52.5 Å². The summed E-state index contributed by atoms with van der Waals surface area (Å²) in [7, 11) is 0. The van der Waals surface area contributed by atoms with Gasteiger partial charge in [-0.2, -0.15) is 0 Å². The molecule has 1 aliphatic carbocycles. The molecule has 1 heterocycles. The highest BCUT2D eigenvalue weighted by Gasteiger charge is 2.49. The standard InChI is InChI=1S/C17H28N2O3/c1-16(2,3)15(21)18-14-9-11(17(14,4)5)8-12-10-13(6-7-20)22-19-12/h10-11,14,20H,6-9H2,1-5H3,(H,18,21)/t11-,14+/m1/s1. The number of aliphatic hydroxyl groups is 1. The summed E-state index contributed by atoms with van der Waals surface area (Å²) in [6.45, 7) is 10.3. The van der Waals surface area contributed by atoms with Gasteiger partial charge in [-0.05, 0) is 24.2 Å². The Kier molecular flexibility index (Phi) is 4.66. The van der Waals surface area contributed by atoms with E-state index in [1.54, 1.807) is 0 Å². The van der Waals surface area contributed by atoms with Crippen LogP contribution in [0.15, 0.2) is 10.6 Å². The second-order valence-electron chi connectivity index (χ2n) is 7.99. The SMILES string of the molecule is CC(C)(C)C(=O)N[C@H]1C[C@@H](Cc2cc(CCO)on2)C1(C)C. The number of carbonyl (C=O) groups is 1. The second-order valence-corrected chi connectivity index (χ2v) is 7.99. The molecule has 124 valence electrons. The van der Waals surface area contributed by atoms with Gasteiger partial charge in [-0.25, -0.2) is 0 Å². The Bertz CT molecular complexity index is 528. The van der Waals surface area contributed by atoms with Gasteiger partial charge < -0.3 is 14.9 Å². The van der Waals surface area contributed by atoms with E-state index in [0.717, 1.165) is 24.3 Å². The Labute approximate surface area is 132 Å². The molecule has 2 rings (SSSR count). The van der Waals surface area contributed by atoms with Gasteiger partial charge in [0.05, 0.1) is 12.3 Å². The van der Waals surface area contributed by atoms with Crippen molar-refractivity contribution in [2.75, 3.05) is 6.61 Å². The molecule has 5 nitrogen and oxygen atoms in total. The maximum atomic E-state index is 12.1. The van der Waals surface area contributed by atoms with Crippen molar-refractivity contribution in [2.24, 2.45) is 16.7 Å². The molecule has 1 aromatic rings. The third-order valence-corrected chi connectivity index (χ3v) is 4.88. The smallest absolute Gasteiger partial charge is 0.225 e. The van der Waals surface area contributed by atoms with Gasteiger partial charge in [0.25, 0.3) is 0 Å². The molecule has 2 atom stereocenters. The van der Waals surface area contributed by atoms with Crippen LogP contribution in [0.2, 0.25) is 0 Å². The third-order valence-electron chi connectivity index (χ3n) is 4.88. The van der Waals surface area contributed by atoms with Crippen LogP contribution in [-0.4, -0.2) is 28.8 Å². The van der Waals surface area contributed by atoms with Crippen molar-refractivity contribution in [1.29, 1.82) is 0 Å². The Morgan fingerprint density at radius 3 is 2.73 bits per heavy atom. The molecule has 2 N–H and O–H groups in total. The summed E-state index contributed by atoms with van der Waals surface area (Å²) in [5.41, 5.74) is 0.630. The molecular formula is C17H28N2O3. The number of hydrogen-bond acceptors (Lipinski definition) is 4. The van der Waals surface area contributed by atoms with Gasteiger partial charge in [0, 0.05) is 23.9 Å². The monoisotopic (exact) mass is 308 g/mol. The highest BCUT2D eigenvalue weighted by molar-refractivity contribution is 5.81. The van der Waals surface area contributed by atoms with E-state index >= 15 is 0 Å². The average molecular weight is 308 g/mol. The molecule has 1 fully saturated rings. The number of hydrogen-bond donors (Lipinski definition) is 2. The summed E-state index contributed by atoms with van der Waals surface area (Å²) < 4.78 is 5.20. The molecule has 0 spiro atoms. The van der Waals surface area contributed by atoms with E-state index in [1.807, 2.05) is 26.8 Å². The van der Waals surface area contributed by atoms with Gasteiger partial charge in [0.1, 0.15) is 5.76 Å². The fourth-order valence-corrected chi connectivity index (χ4v) is 2.91. The largest absolute Gasteiger partial charge is 0.396 e. The zero-order valence-corrected chi connectivity index (χ0v) is 14.3. The van der Waals surface area contributed by atoms with E-state index in [2.05, 4.69) is 24.3 Å². The predicted octanol–water partition coefficient (Wildman–Crippen LogP) is 2.33. The van der Waals surface area contributed by atoms with E-state index < -0.39 is 0 Å². The van der Waals surface area contributed by atoms with Crippen LogP contribution in [0, 0.1) is 16.7 Å². The molecule has 0 unspecified atom stereocenters. The molecule has 1 amide bonds. The number of nitrogens with zero attached hydrogens (tertiary/aromatic N) is 1. The summed E-state index contributed by atoms with van der Waals surface area (Å²) in [6.07, 6.45) is 2.33. The van der Waals surface area contributed by atoms with Crippen LogP contribution in [0.25, 0.3) is 0 Å². The van der Waals surface area contributed by atoms with Crippen molar-refractivity contribution >= 4 is 5.91 Å². The second kappa shape index (κ2) is 6.03. The molecule has 0 bridgehead atoms.